The van der Waals surface area contributed by atoms with E-state index in [1.54, 1.807) is 6.07 Å². The maximum atomic E-state index is 9.42. The van der Waals surface area contributed by atoms with Gasteiger partial charge in [0.1, 0.15) is 11.5 Å². The zero-order valence-corrected chi connectivity index (χ0v) is 10.8. The predicted molar refractivity (Wildman–Crippen MR) is 64.7 cm³/mol. The molecule has 0 unspecified atom stereocenters. The number of rotatable bonds is 2. The van der Waals surface area contributed by atoms with Gasteiger partial charge in [-0.05, 0) is 64.2 Å². The van der Waals surface area contributed by atoms with Crippen molar-refractivity contribution in [3.63, 3.8) is 0 Å². The highest BCUT2D eigenvalue weighted by Gasteiger charge is 2.06. The van der Waals surface area contributed by atoms with E-state index >= 15 is 0 Å². The molecule has 1 aromatic carbocycles. The lowest BCUT2D eigenvalue weighted by Gasteiger charge is -2.07. The van der Waals surface area contributed by atoms with Gasteiger partial charge in [-0.25, -0.2) is 0 Å². The summed E-state index contributed by atoms with van der Waals surface area (Å²) in [7, 11) is 0. The summed E-state index contributed by atoms with van der Waals surface area (Å²) >= 11 is 4.21. The number of hydrogen-bond acceptors (Lipinski definition) is 2. The largest absolute Gasteiger partial charge is 0.507 e. The highest BCUT2D eigenvalue weighted by atomic mass is 127. The van der Waals surface area contributed by atoms with Crippen molar-refractivity contribution in [1.29, 1.82) is 0 Å². The molecule has 1 rings (SSSR count). The maximum absolute atomic E-state index is 9.42. The number of benzene rings is 1. The molecule has 0 aliphatic heterocycles. The van der Waals surface area contributed by atoms with E-state index < -0.39 is 0 Å². The molecule has 0 fully saturated rings. The zero-order valence-electron chi connectivity index (χ0n) is 6.47. The van der Waals surface area contributed by atoms with E-state index in [9.17, 15) is 5.11 Å². The first kappa shape index (κ1) is 10.4. The molecular formula is C8H8I2O2. The average molecular weight is 390 g/mol. The van der Waals surface area contributed by atoms with Gasteiger partial charge in [0.2, 0.25) is 0 Å². The van der Waals surface area contributed by atoms with Crippen LogP contribution in [0.3, 0.4) is 0 Å². The highest BCUT2D eigenvalue weighted by molar-refractivity contribution is 14.1. The molecule has 0 amide bonds. The molecule has 1 N–H and O–H groups in total. The number of hydrogen-bond donors (Lipinski definition) is 1. The Morgan fingerprint density at radius 2 is 2.08 bits per heavy atom. The number of phenols is 1. The third kappa shape index (κ3) is 2.38. The number of ether oxygens (including phenoxy) is 1. The Balaban J connectivity index is 3.09. The summed E-state index contributed by atoms with van der Waals surface area (Å²) in [5.74, 6) is 1.04. The summed E-state index contributed by atoms with van der Waals surface area (Å²) in [4.78, 5) is 0. The van der Waals surface area contributed by atoms with Gasteiger partial charge < -0.3 is 9.84 Å². The van der Waals surface area contributed by atoms with E-state index in [-0.39, 0.29) is 5.75 Å². The summed E-state index contributed by atoms with van der Waals surface area (Å²) in [6, 6.07) is 3.62. The second-order valence-corrected chi connectivity index (χ2v) is 4.49. The van der Waals surface area contributed by atoms with Gasteiger partial charge >= 0.3 is 0 Å². The van der Waals surface area contributed by atoms with E-state index in [0.29, 0.717) is 6.61 Å². The van der Waals surface area contributed by atoms with Crippen molar-refractivity contribution < 1.29 is 9.84 Å². The van der Waals surface area contributed by atoms with Crippen LogP contribution >= 0.6 is 45.2 Å². The molecule has 0 atom stereocenters. The lowest BCUT2D eigenvalue weighted by molar-refractivity contribution is 0.334. The fourth-order valence-corrected chi connectivity index (χ4v) is 1.86. The Morgan fingerprint density at radius 1 is 1.42 bits per heavy atom. The smallest absolute Gasteiger partial charge is 0.137 e. The van der Waals surface area contributed by atoms with Crippen LogP contribution in [-0.2, 0) is 0 Å². The number of phenolic OH excluding ortho intramolecular Hbond substituents is 1. The van der Waals surface area contributed by atoms with Crippen molar-refractivity contribution >= 4 is 45.2 Å². The third-order valence-corrected chi connectivity index (χ3v) is 2.99. The van der Waals surface area contributed by atoms with Gasteiger partial charge in [0.25, 0.3) is 0 Å². The van der Waals surface area contributed by atoms with Crippen molar-refractivity contribution in [3.05, 3.63) is 19.3 Å². The minimum absolute atomic E-state index is 0.283. The topological polar surface area (TPSA) is 29.5 Å². The average Bonchev–Trinajstić information content (AvgIpc) is 2.00. The van der Waals surface area contributed by atoms with Crippen LogP contribution in [0, 0.1) is 7.14 Å². The summed E-state index contributed by atoms with van der Waals surface area (Å²) in [5, 5.41) is 9.42. The van der Waals surface area contributed by atoms with Crippen LogP contribution in [0.15, 0.2) is 12.1 Å². The first-order valence-electron chi connectivity index (χ1n) is 3.46. The van der Waals surface area contributed by atoms with Crippen LogP contribution in [0.5, 0.6) is 11.5 Å². The van der Waals surface area contributed by atoms with E-state index in [4.69, 9.17) is 4.74 Å². The molecule has 0 aliphatic carbocycles. The molecule has 0 saturated carbocycles. The minimum Gasteiger partial charge on any atom is -0.507 e. The van der Waals surface area contributed by atoms with Crippen LogP contribution in [0.4, 0.5) is 0 Å². The SMILES string of the molecule is CCOc1cc(I)cc(O)c1I. The summed E-state index contributed by atoms with van der Waals surface area (Å²) in [6.45, 7) is 2.54. The number of aromatic hydroxyl groups is 1. The van der Waals surface area contributed by atoms with Crippen molar-refractivity contribution in [2.24, 2.45) is 0 Å². The molecule has 66 valence electrons. The monoisotopic (exact) mass is 390 g/mol. The summed E-state index contributed by atoms with van der Waals surface area (Å²) < 4.78 is 7.08. The molecule has 0 spiro atoms. The minimum atomic E-state index is 0.283. The van der Waals surface area contributed by atoms with Crippen LogP contribution in [-0.4, -0.2) is 11.7 Å². The highest BCUT2D eigenvalue weighted by Crippen LogP contribution is 2.31. The second-order valence-electron chi connectivity index (χ2n) is 2.17. The summed E-state index contributed by atoms with van der Waals surface area (Å²) in [6.07, 6.45) is 0. The van der Waals surface area contributed by atoms with Crippen molar-refractivity contribution in [2.75, 3.05) is 6.61 Å². The van der Waals surface area contributed by atoms with E-state index in [0.717, 1.165) is 12.9 Å². The zero-order chi connectivity index (χ0) is 9.14. The Labute approximate surface area is 98.6 Å². The quantitative estimate of drug-likeness (QED) is 0.788. The van der Waals surface area contributed by atoms with Gasteiger partial charge in [0.15, 0.2) is 0 Å². The first-order valence-corrected chi connectivity index (χ1v) is 5.61. The fourth-order valence-electron chi connectivity index (χ4n) is 0.811. The molecule has 2 nitrogen and oxygen atoms in total. The molecule has 0 bridgehead atoms. The third-order valence-electron chi connectivity index (χ3n) is 1.28. The predicted octanol–water partition coefficient (Wildman–Crippen LogP) is 3.00. The maximum Gasteiger partial charge on any atom is 0.137 e. The van der Waals surface area contributed by atoms with Gasteiger partial charge in [-0.3, -0.25) is 0 Å². The van der Waals surface area contributed by atoms with Gasteiger partial charge in [0.05, 0.1) is 10.2 Å². The Kier molecular flexibility index (Phi) is 3.88. The Morgan fingerprint density at radius 3 is 2.67 bits per heavy atom. The van der Waals surface area contributed by atoms with Gasteiger partial charge in [-0.15, -0.1) is 0 Å². The molecule has 12 heavy (non-hydrogen) atoms. The van der Waals surface area contributed by atoms with Gasteiger partial charge in [-0.2, -0.15) is 0 Å². The molecule has 0 heterocycles. The Bertz CT molecular complexity index is 287. The molecule has 1 aromatic rings. The van der Waals surface area contributed by atoms with Crippen LogP contribution in [0.2, 0.25) is 0 Å². The molecule has 0 aromatic heterocycles. The standard InChI is InChI=1S/C8H8I2O2/c1-2-12-7-4-5(9)3-6(11)8(7)10/h3-4,11H,2H2,1H3. The lowest BCUT2D eigenvalue weighted by Crippen LogP contribution is -1.94. The summed E-state index contributed by atoms with van der Waals surface area (Å²) in [5.41, 5.74) is 0. The van der Waals surface area contributed by atoms with Crippen molar-refractivity contribution in [3.8, 4) is 11.5 Å². The molecule has 0 aliphatic rings. The normalized spacial score (nSPS) is 9.92. The van der Waals surface area contributed by atoms with Crippen molar-refractivity contribution in [1.82, 2.24) is 0 Å². The second kappa shape index (κ2) is 4.50. The number of halogens is 2. The molecule has 0 saturated heterocycles. The lowest BCUT2D eigenvalue weighted by atomic mass is 10.3. The van der Waals surface area contributed by atoms with Gasteiger partial charge in [-0.1, -0.05) is 0 Å². The van der Waals surface area contributed by atoms with E-state index in [2.05, 4.69) is 45.2 Å². The fraction of sp³-hybridized carbons (Fsp3) is 0.250. The van der Waals surface area contributed by atoms with E-state index in [1.165, 1.54) is 0 Å². The van der Waals surface area contributed by atoms with E-state index in [1.807, 2.05) is 13.0 Å². The molecule has 4 heteroatoms. The van der Waals surface area contributed by atoms with Crippen LogP contribution < -0.4 is 4.74 Å². The van der Waals surface area contributed by atoms with Crippen LogP contribution in [0.25, 0.3) is 0 Å². The first-order chi connectivity index (χ1) is 5.65. The van der Waals surface area contributed by atoms with Crippen LogP contribution in [0.1, 0.15) is 6.92 Å². The molecule has 0 radical (unpaired) electrons. The Hall–Kier alpha value is 0.280. The molecular weight excluding hydrogens is 382 g/mol. The van der Waals surface area contributed by atoms with Gasteiger partial charge in [0, 0.05) is 3.57 Å². The van der Waals surface area contributed by atoms with Crippen molar-refractivity contribution in [2.45, 2.75) is 6.92 Å².